The smallest absolute Gasteiger partial charge is 0.220 e. The van der Waals surface area contributed by atoms with Crippen molar-refractivity contribution in [2.24, 2.45) is 0 Å². The number of anilines is 1. The molecule has 0 heterocycles. The van der Waals surface area contributed by atoms with E-state index < -0.39 is 0 Å². The highest BCUT2D eigenvalue weighted by Gasteiger charge is 2.21. The predicted octanol–water partition coefficient (Wildman–Crippen LogP) is 4.18. The second-order valence-corrected chi connectivity index (χ2v) is 6.38. The molecule has 6 heteroatoms. The first-order chi connectivity index (χ1) is 12.1. The molecule has 4 nitrogen and oxygen atoms in total. The number of hydrogen-bond donors (Lipinski definition) is 2. The van der Waals surface area contributed by atoms with Crippen molar-refractivity contribution in [2.45, 2.75) is 38.1 Å². The third-order valence-corrected chi connectivity index (χ3v) is 4.43. The summed E-state index contributed by atoms with van der Waals surface area (Å²) in [6.45, 7) is 0.384. The summed E-state index contributed by atoms with van der Waals surface area (Å²) in [7, 11) is 0. The van der Waals surface area contributed by atoms with E-state index in [0.717, 1.165) is 24.9 Å². The van der Waals surface area contributed by atoms with Crippen LogP contribution in [0.1, 0.15) is 42.9 Å². The maximum Gasteiger partial charge on any atom is 0.220 e. The summed E-state index contributed by atoms with van der Waals surface area (Å²) in [4.78, 5) is 12.2. The van der Waals surface area contributed by atoms with Crippen molar-refractivity contribution in [1.29, 1.82) is 0 Å². The van der Waals surface area contributed by atoms with Gasteiger partial charge < -0.3 is 15.8 Å². The summed E-state index contributed by atoms with van der Waals surface area (Å²) < 4.78 is 18.5. The zero-order valence-corrected chi connectivity index (χ0v) is 15.4. The highest BCUT2D eigenvalue weighted by Crippen LogP contribution is 2.31. The molecule has 0 saturated carbocycles. The van der Waals surface area contributed by atoms with Gasteiger partial charge in [-0.2, -0.15) is 0 Å². The van der Waals surface area contributed by atoms with E-state index in [2.05, 4.69) is 5.32 Å². The molecule has 0 spiro atoms. The number of halogens is 2. The van der Waals surface area contributed by atoms with Crippen molar-refractivity contribution in [3.63, 3.8) is 0 Å². The van der Waals surface area contributed by atoms with Gasteiger partial charge in [0.25, 0.3) is 0 Å². The minimum atomic E-state index is -0.327. The number of aryl methyl sites for hydroxylation is 1. The molecule has 0 aliphatic heterocycles. The molecule has 140 valence electrons. The van der Waals surface area contributed by atoms with Crippen LogP contribution in [0.5, 0.6) is 5.75 Å². The summed E-state index contributed by atoms with van der Waals surface area (Å²) in [5, 5.41) is 3.11. The van der Waals surface area contributed by atoms with Crippen molar-refractivity contribution < 1.29 is 13.9 Å². The SMILES string of the molecule is Cl.Nc1ccc2c(c1)CCCC2NC(=O)CCCOc1cccc(F)c1. The Bertz CT molecular complexity index is 754. The molecule has 26 heavy (non-hydrogen) atoms. The van der Waals surface area contributed by atoms with Gasteiger partial charge >= 0.3 is 0 Å². The molecule has 2 aromatic rings. The number of benzene rings is 2. The second-order valence-electron chi connectivity index (χ2n) is 6.38. The van der Waals surface area contributed by atoms with Gasteiger partial charge in [0.2, 0.25) is 5.91 Å². The number of carbonyl (C=O) groups is 1. The molecular formula is C20H24ClFN2O2. The predicted molar refractivity (Wildman–Crippen MR) is 103 cm³/mol. The second kappa shape index (κ2) is 9.43. The number of amides is 1. The van der Waals surface area contributed by atoms with Gasteiger partial charge in [-0.15, -0.1) is 12.4 Å². The Hall–Kier alpha value is -2.27. The van der Waals surface area contributed by atoms with Crippen LogP contribution in [0.3, 0.4) is 0 Å². The first kappa shape index (κ1) is 20.0. The molecule has 0 radical (unpaired) electrons. The van der Waals surface area contributed by atoms with Crippen LogP contribution in [0.15, 0.2) is 42.5 Å². The van der Waals surface area contributed by atoms with Crippen LogP contribution in [0.4, 0.5) is 10.1 Å². The van der Waals surface area contributed by atoms with Gasteiger partial charge in [0, 0.05) is 18.2 Å². The minimum absolute atomic E-state index is 0. The summed E-state index contributed by atoms with van der Waals surface area (Å²) in [5.41, 5.74) is 9.01. The number of hydrogen-bond acceptors (Lipinski definition) is 3. The van der Waals surface area contributed by atoms with E-state index in [-0.39, 0.29) is 30.2 Å². The Morgan fingerprint density at radius 2 is 2.12 bits per heavy atom. The topological polar surface area (TPSA) is 64.3 Å². The van der Waals surface area contributed by atoms with E-state index in [1.54, 1.807) is 12.1 Å². The van der Waals surface area contributed by atoms with E-state index in [9.17, 15) is 9.18 Å². The molecule has 0 fully saturated rings. The van der Waals surface area contributed by atoms with Gasteiger partial charge in [-0.25, -0.2) is 4.39 Å². The van der Waals surface area contributed by atoms with E-state index in [1.165, 1.54) is 23.3 Å². The molecular weight excluding hydrogens is 355 g/mol. The maximum atomic E-state index is 13.1. The van der Waals surface area contributed by atoms with Crippen LogP contribution in [0.2, 0.25) is 0 Å². The number of nitrogens with one attached hydrogen (secondary N) is 1. The van der Waals surface area contributed by atoms with Crippen LogP contribution >= 0.6 is 12.4 Å². The third-order valence-electron chi connectivity index (χ3n) is 4.43. The van der Waals surface area contributed by atoms with Gasteiger partial charge in [-0.05, 0) is 61.1 Å². The van der Waals surface area contributed by atoms with Crippen molar-refractivity contribution >= 4 is 24.0 Å². The standard InChI is InChI=1S/C20H23FN2O2.ClH/c21-15-5-2-6-17(13-15)25-11-3-8-20(24)23-19-7-1-4-14-12-16(22)9-10-18(14)19;/h2,5-6,9-10,12-13,19H,1,3-4,7-8,11,22H2,(H,23,24);1H. The first-order valence-electron chi connectivity index (χ1n) is 8.68. The Balaban J connectivity index is 0.00000243. The Labute approximate surface area is 159 Å². The van der Waals surface area contributed by atoms with Crippen LogP contribution in [-0.4, -0.2) is 12.5 Å². The van der Waals surface area contributed by atoms with E-state index in [4.69, 9.17) is 10.5 Å². The molecule has 2 aromatic carbocycles. The molecule has 1 unspecified atom stereocenters. The molecule has 0 bridgehead atoms. The molecule has 0 saturated heterocycles. The van der Waals surface area contributed by atoms with Gasteiger partial charge in [0.15, 0.2) is 0 Å². The van der Waals surface area contributed by atoms with Gasteiger partial charge in [0.1, 0.15) is 11.6 Å². The van der Waals surface area contributed by atoms with E-state index in [0.29, 0.717) is 25.2 Å². The van der Waals surface area contributed by atoms with Crippen LogP contribution in [0.25, 0.3) is 0 Å². The van der Waals surface area contributed by atoms with Crippen molar-refractivity contribution in [3.05, 3.63) is 59.4 Å². The lowest BCUT2D eigenvalue weighted by molar-refractivity contribution is -0.122. The van der Waals surface area contributed by atoms with Gasteiger partial charge in [0.05, 0.1) is 12.6 Å². The molecule has 1 aliphatic carbocycles. The van der Waals surface area contributed by atoms with Crippen LogP contribution < -0.4 is 15.8 Å². The zero-order chi connectivity index (χ0) is 17.6. The minimum Gasteiger partial charge on any atom is -0.493 e. The quantitative estimate of drug-likeness (QED) is 0.585. The summed E-state index contributed by atoms with van der Waals surface area (Å²) >= 11 is 0. The van der Waals surface area contributed by atoms with Crippen LogP contribution in [-0.2, 0) is 11.2 Å². The van der Waals surface area contributed by atoms with Crippen molar-refractivity contribution in [1.82, 2.24) is 5.32 Å². The number of nitrogens with two attached hydrogens (primary N) is 1. The Morgan fingerprint density at radius 1 is 1.27 bits per heavy atom. The highest BCUT2D eigenvalue weighted by molar-refractivity contribution is 5.85. The number of nitrogen functional groups attached to an aromatic ring is 1. The number of rotatable bonds is 6. The number of fused-ring (bicyclic) bond motifs is 1. The van der Waals surface area contributed by atoms with Gasteiger partial charge in [-0.1, -0.05) is 12.1 Å². The highest BCUT2D eigenvalue weighted by atomic mass is 35.5. The average molecular weight is 379 g/mol. The third kappa shape index (κ3) is 5.36. The number of carbonyl (C=O) groups excluding carboxylic acids is 1. The molecule has 1 atom stereocenters. The maximum absolute atomic E-state index is 13.1. The van der Waals surface area contributed by atoms with Crippen molar-refractivity contribution in [3.8, 4) is 5.75 Å². The van der Waals surface area contributed by atoms with E-state index >= 15 is 0 Å². The van der Waals surface area contributed by atoms with Crippen LogP contribution in [0, 0.1) is 5.82 Å². The normalized spacial score (nSPS) is 15.5. The van der Waals surface area contributed by atoms with Gasteiger partial charge in [-0.3, -0.25) is 4.79 Å². The molecule has 3 N–H and O–H groups in total. The fourth-order valence-corrected chi connectivity index (χ4v) is 3.23. The largest absolute Gasteiger partial charge is 0.493 e. The fourth-order valence-electron chi connectivity index (χ4n) is 3.23. The lowest BCUT2D eigenvalue weighted by Crippen LogP contribution is -2.31. The molecule has 0 aromatic heterocycles. The summed E-state index contributed by atoms with van der Waals surface area (Å²) in [5.74, 6) is 0.170. The first-order valence-corrected chi connectivity index (χ1v) is 8.68. The van der Waals surface area contributed by atoms with E-state index in [1.807, 2.05) is 18.2 Å². The monoisotopic (exact) mass is 378 g/mol. The van der Waals surface area contributed by atoms with Crippen molar-refractivity contribution in [2.75, 3.05) is 12.3 Å². The lowest BCUT2D eigenvalue weighted by Gasteiger charge is -2.26. The molecule has 1 aliphatic rings. The molecule has 1 amide bonds. The molecule has 3 rings (SSSR count). The summed E-state index contributed by atoms with van der Waals surface area (Å²) in [6, 6.07) is 12.0. The number of ether oxygens (including phenoxy) is 1. The zero-order valence-electron chi connectivity index (χ0n) is 14.5. The lowest BCUT2D eigenvalue weighted by atomic mass is 9.87. The average Bonchev–Trinajstić information content (AvgIpc) is 2.59. The Morgan fingerprint density at radius 3 is 2.92 bits per heavy atom. The Kier molecular flexibility index (Phi) is 7.27. The summed E-state index contributed by atoms with van der Waals surface area (Å²) in [6.07, 6.45) is 3.97. The fraction of sp³-hybridized carbons (Fsp3) is 0.350.